The van der Waals surface area contributed by atoms with E-state index in [-0.39, 0.29) is 16.7 Å². The summed E-state index contributed by atoms with van der Waals surface area (Å²) >= 11 is 0. The maximum Gasteiger partial charge on any atom is 0.271 e. The second-order valence-electron chi connectivity index (χ2n) is 7.81. The van der Waals surface area contributed by atoms with Crippen LogP contribution in [0.4, 0.5) is 11.4 Å². The number of allylic oxidation sites excluding steroid dienone is 4. The third-order valence-corrected chi connectivity index (χ3v) is 4.30. The van der Waals surface area contributed by atoms with Crippen molar-refractivity contribution in [1.82, 2.24) is 4.98 Å². The number of hydrogen-bond acceptors (Lipinski definition) is 3. The standard InChI is InChI=1S/C24H29N3O/c1-7-18(10-9-13-24(4,5)6)17(3)27-22-12-8-11-20(16(22)2)19-14-21(25)23(28)26-15-19/h7-15,27H,1,3,25H2,2,4-6H3,(H,26,28)/b13-9+,18-10+. The smallest absolute Gasteiger partial charge is 0.271 e. The summed E-state index contributed by atoms with van der Waals surface area (Å²) < 4.78 is 0. The van der Waals surface area contributed by atoms with Gasteiger partial charge in [-0.2, -0.15) is 0 Å². The number of nitrogen functional groups attached to an aromatic ring is 1. The molecule has 0 bridgehead atoms. The average Bonchev–Trinajstić information content (AvgIpc) is 2.62. The summed E-state index contributed by atoms with van der Waals surface area (Å²) in [7, 11) is 0. The van der Waals surface area contributed by atoms with Crippen LogP contribution >= 0.6 is 0 Å². The van der Waals surface area contributed by atoms with Gasteiger partial charge >= 0.3 is 0 Å². The van der Waals surface area contributed by atoms with E-state index in [2.05, 4.69) is 50.3 Å². The third kappa shape index (κ3) is 5.36. The highest BCUT2D eigenvalue weighted by atomic mass is 16.1. The van der Waals surface area contributed by atoms with Crippen molar-refractivity contribution in [1.29, 1.82) is 0 Å². The fraction of sp³-hybridized carbons (Fsp3) is 0.208. The van der Waals surface area contributed by atoms with Gasteiger partial charge in [0.2, 0.25) is 0 Å². The molecule has 1 heterocycles. The van der Waals surface area contributed by atoms with Crippen molar-refractivity contribution in [2.24, 2.45) is 5.41 Å². The van der Waals surface area contributed by atoms with Gasteiger partial charge in [0.05, 0.1) is 5.69 Å². The summed E-state index contributed by atoms with van der Waals surface area (Å²) in [5.74, 6) is 0. The van der Waals surface area contributed by atoms with Gasteiger partial charge in [0.1, 0.15) is 0 Å². The first-order chi connectivity index (χ1) is 13.1. The van der Waals surface area contributed by atoms with E-state index in [1.807, 2.05) is 37.3 Å². The number of aromatic amines is 1. The predicted octanol–water partition coefficient (Wildman–Crippen LogP) is 5.57. The molecule has 0 fully saturated rings. The fourth-order valence-electron chi connectivity index (χ4n) is 2.71. The van der Waals surface area contributed by atoms with E-state index in [9.17, 15) is 4.79 Å². The monoisotopic (exact) mass is 375 g/mol. The van der Waals surface area contributed by atoms with E-state index < -0.39 is 0 Å². The number of hydrogen-bond donors (Lipinski definition) is 3. The average molecular weight is 376 g/mol. The Balaban J connectivity index is 2.31. The Labute approximate surface area is 167 Å². The summed E-state index contributed by atoms with van der Waals surface area (Å²) in [4.78, 5) is 14.2. The third-order valence-electron chi connectivity index (χ3n) is 4.30. The molecule has 0 aliphatic carbocycles. The molecule has 146 valence electrons. The molecule has 0 unspecified atom stereocenters. The van der Waals surface area contributed by atoms with E-state index >= 15 is 0 Å². The molecule has 0 spiro atoms. The van der Waals surface area contributed by atoms with Gasteiger partial charge in [-0.3, -0.25) is 4.79 Å². The van der Waals surface area contributed by atoms with Gasteiger partial charge in [0, 0.05) is 23.1 Å². The van der Waals surface area contributed by atoms with Crippen LogP contribution in [0.25, 0.3) is 11.1 Å². The normalized spacial score (nSPS) is 12.2. The predicted molar refractivity (Wildman–Crippen MR) is 121 cm³/mol. The maximum absolute atomic E-state index is 11.5. The van der Waals surface area contributed by atoms with Crippen molar-refractivity contribution < 1.29 is 0 Å². The van der Waals surface area contributed by atoms with Gasteiger partial charge in [0.25, 0.3) is 5.56 Å². The lowest BCUT2D eigenvalue weighted by molar-refractivity contribution is 0.544. The molecular weight excluding hydrogens is 346 g/mol. The van der Waals surface area contributed by atoms with Gasteiger partial charge in [-0.15, -0.1) is 0 Å². The van der Waals surface area contributed by atoms with Crippen molar-refractivity contribution in [2.45, 2.75) is 27.7 Å². The van der Waals surface area contributed by atoms with Crippen LogP contribution in [-0.4, -0.2) is 4.98 Å². The number of pyridine rings is 1. The van der Waals surface area contributed by atoms with Gasteiger partial charge in [-0.1, -0.05) is 70.4 Å². The highest BCUT2D eigenvalue weighted by molar-refractivity contribution is 5.76. The Hall–Kier alpha value is -3.27. The highest BCUT2D eigenvalue weighted by Gasteiger charge is 2.09. The first-order valence-corrected chi connectivity index (χ1v) is 9.19. The van der Waals surface area contributed by atoms with Gasteiger partial charge in [0.15, 0.2) is 0 Å². The topological polar surface area (TPSA) is 70.9 Å². The number of nitrogens with two attached hydrogens (primary N) is 1. The summed E-state index contributed by atoms with van der Waals surface area (Å²) in [6, 6.07) is 7.62. The molecule has 0 saturated carbocycles. The molecule has 28 heavy (non-hydrogen) atoms. The van der Waals surface area contributed by atoms with Crippen molar-refractivity contribution in [3.05, 3.63) is 95.1 Å². The fourth-order valence-corrected chi connectivity index (χ4v) is 2.71. The second kappa shape index (κ2) is 8.61. The molecule has 0 radical (unpaired) electrons. The molecule has 0 amide bonds. The lowest BCUT2D eigenvalue weighted by Crippen LogP contribution is -2.10. The lowest BCUT2D eigenvalue weighted by atomic mass is 9.96. The first-order valence-electron chi connectivity index (χ1n) is 9.19. The zero-order chi connectivity index (χ0) is 20.9. The summed E-state index contributed by atoms with van der Waals surface area (Å²) in [6.07, 6.45) is 9.61. The first kappa shape index (κ1) is 21.0. The zero-order valence-corrected chi connectivity index (χ0v) is 17.1. The second-order valence-corrected chi connectivity index (χ2v) is 7.81. The molecule has 0 aliphatic heterocycles. The largest absolute Gasteiger partial charge is 0.394 e. The van der Waals surface area contributed by atoms with Crippen molar-refractivity contribution >= 4 is 11.4 Å². The van der Waals surface area contributed by atoms with Crippen LogP contribution < -0.4 is 16.6 Å². The van der Waals surface area contributed by atoms with Crippen LogP contribution in [0.2, 0.25) is 0 Å². The van der Waals surface area contributed by atoms with Gasteiger partial charge in [-0.25, -0.2) is 0 Å². The summed E-state index contributed by atoms with van der Waals surface area (Å²) in [6.45, 7) is 16.5. The van der Waals surface area contributed by atoms with E-state index in [0.717, 1.165) is 33.6 Å². The molecule has 2 rings (SSSR count). The lowest BCUT2D eigenvalue weighted by Gasteiger charge is -2.16. The van der Waals surface area contributed by atoms with Gasteiger partial charge < -0.3 is 16.0 Å². The SMILES string of the molecule is C=C/C(=C\C=C\C(C)(C)C)C(=C)Nc1cccc(-c2c[nH]c(=O)c(N)c2)c1C. The number of H-pyrrole nitrogens is 1. The van der Waals surface area contributed by atoms with E-state index in [1.54, 1.807) is 18.3 Å². The number of benzene rings is 1. The minimum Gasteiger partial charge on any atom is -0.394 e. The molecule has 1 aromatic heterocycles. The number of anilines is 2. The van der Waals surface area contributed by atoms with Crippen LogP contribution in [0.3, 0.4) is 0 Å². The Morgan fingerprint density at radius 1 is 1.29 bits per heavy atom. The molecule has 4 N–H and O–H groups in total. The Morgan fingerprint density at radius 3 is 2.61 bits per heavy atom. The van der Waals surface area contributed by atoms with Gasteiger partial charge in [-0.05, 0) is 41.2 Å². The number of aromatic nitrogens is 1. The summed E-state index contributed by atoms with van der Waals surface area (Å²) in [5.41, 5.74) is 11.3. The zero-order valence-electron chi connectivity index (χ0n) is 17.1. The summed E-state index contributed by atoms with van der Waals surface area (Å²) in [5, 5.41) is 3.37. The molecule has 2 aromatic rings. The Bertz CT molecular complexity index is 1000. The van der Waals surface area contributed by atoms with Crippen LogP contribution in [0.1, 0.15) is 26.3 Å². The quantitative estimate of drug-likeness (QED) is 0.578. The van der Waals surface area contributed by atoms with Crippen LogP contribution in [0.5, 0.6) is 0 Å². The van der Waals surface area contributed by atoms with E-state index in [1.165, 1.54) is 0 Å². The molecule has 4 nitrogen and oxygen atoms in total. The minimum atomic E-state index is -0.284. The molecule has 0 saturated heterocycles. The molecule has 1 aromatic carbocycles. The number of nitrogens with one attached hydrogen (secondary N) is 2. The van der Waals surface area contributed by atoms with E-state index in [4.69, 9.17) is 5.73 Å². The molecule has 0 atom stereocenters. The van der Waals surface area contributed by atoms with Crippen LogP contribution in [0, 0.1) is 12.3 Å². The Morgan fingerprint density at radius 2 is 2.00 bits per heavy atom. The Kier molecular flexibility index (Phi) is 6.47. The maximum atomic E-state index is 11.5. The van der Waals surface area contributed by atoms with Crippen molar-refractivity contribution in [3.8, 4) is 11.1 Å². The van der Waals surface area contributed by atoms with Crippen LogP contribution in [0.15, 0.2) is 84.0 Å². The molecule has 4 heteroatoms. The highest BCUT2D eigenvalue weighted by Crippen LogP contribution is 2.30. The molecule has 0 aliphatic rings. The molecular formula is C24H29N3O. The minimum absolute atomic E-state index is 0.112. The van der Waals surface area contributed by atoms with Crippen molar-refractivity contribution in [2.75, 3.05) is 11.1 Å². The van der Waals surface area contributed by atoms with E-state index in [0.29, 0.717) is 0 Å². The van der Waals surface area contributed by atoms with Crippen molar-refractivity contribution in [3.63, 3.8) is 0 Å². The number of rotatable bonds is 6. The van der Waals surface area contributed by atoms with Crippen LogP contribution in [-0.2, 0) is 0 Å².